The summed E-state index contributed by atoms with van der Waals surface area (Å²) in [6.07, 6.45) is 0.659. The van der Waals surface area contributed by atoms with Gasteiger partial charge in [-0.05, 0) is 29.8 Å². The van der Waals surface area contributed by atoms with Crippen LogP contribution in [0.4, 0.5) is 5.69 Å². The van der Waals surface area contributed by atoms with Gasteiger partial charge in [-0.3, -0.25) is 14.4 Å². The van der Waals surface area contributed by atoms with Crippen molar-refractivity contribution < 1.29 is 18.8 Å². The molecule has 0 aliphatic heterocycles. The maximum absolute atomic E-state index is 13.2. The summed E-state index contributed by atoms with van der Waals surface area (Å²) in [5.41, 5.74) is 2.22. The normalized spacial score (nSPS) is 10.4. The largest absolute Gasteiger partial charge is 0.412 e. The first-order chi connectivity index (χ1) is 16.1. The molecule has 0 fully saturated rings. The Labute approximate surface area is 189 Å². The van der Waals surface area contributed by atoms with Gasteiger partial charge in [-0.25, -0.2) is 0 Å². The van der Waals surface area contributed by atoms with E-state index in [4.69, 9.17) is 4.42 Å². The van der Waals surface area contributed by atoms with Gasteiger partial charge in [0.05, 0.1) is 5.69 Å². The molecule has 2 amide bonds. The zero-order valence-corrected chi connectivity index (χ0v) is 17.5. The maximum atomic E-state index is 13.2. The van der Waals surface area contributed by atoms with Crippen molar-refractivity contribution in [1.82, 2.24) is 15.1 Å². The van der Waals surface area contributed by atoms with Gasteiger partial charge in [-0.2, -0.15) is 0 Å². The SMILES string of the molecule is O=Cc1ccccc1NC(=O)CN(Cc1ccccc1)C(=O)c1nnc(-c2ccccc2)o1. The molecule has 164 valence electrons. The van der Waals surface area contributed by atoms with Gasteiger partial charge in [0.2, 0.25) is 11.8 Å². The number of anilines is 1. The summed E-state index contributed by atoms with van der Waals surface area (Å²) >= 11 is 0. The highest BCUT2D eigenvalue weighted by Crippen LogP contribution is 2.19. The molecule has 0 aliphatic carbocycles. The molecule has 8 nitrogen and oxygen atoms in total. The predicted octanol–water partition coefficient (Wildman–Crippen LogP) is 3.83. The summed E-state index contributed by atoms with van der Waals surface area (Å²) in [7, 11) is 0. The summed E-state index contributed by atoms with van der Waals surface area (Å²) in [6, 6.07) is 25.0. The van der Waals surface area contributed by atoms with Crippen molar-refractivity contribution in [1.29, 1.82) is 0 Å². The molecule has 0 radical (unpaired) electrons. The van der Waals surface area contributed by atoms with Crippen molar-refractivity contribution in [2.45, 2.75) is 6.54 Å². The molecule has 0 bridgehead atoms. The molecule has 0 spiro atoms. The molecule has 1 aromatic heterocycles. The minimum absolute atomic E-state index is 0.158. The number of carbonyl (C=O) groups excluding carboxylic acids is 3. The Balaban J connectivity index is 1.55. The maximum Gasteiger partial charge on any atom is 0.312 e. The second-order valence-electron chi connectivity index (χ2n) is 7.18. The average Bonchev–Trinajstić information content (AvgIpc) is 3.35. The van der Waals surface area contributed by atoms with E-state index in [2.05, 4.69) is 15.5 Å². The third kappa shape index (κ3) is 5.37. The van der Waals surface area contributed by atoms with Gasteiger partial charge in [0.15, 0.2) is 6.29 Å². The monoisotopic (exact) mass is 440 g/mol. The number of benzene rings is 3. The highest BCUT2D eigenvalue weighted by atomic mass is 16.4. The van der Waals surface area contributed by atoms with E-state index < -0.39 is 11.8 Å². The number of nitrogens with zero attached hydrogens (tertiary/aromatic N) is 3. The van der Waals surface area contributed by atoms with E-state index in [0.717, 1.165) is 5.56 Å². The van der Waals surface area contributed by atoms with E-state index in [1.165, 1.54) is 4.90 Å². The van der Waals surface area contributed by atoms with Crippen LogP contribution in [0.2, 0.25) is 0 Å². The molecule has 8 heteroatoms. The van der Waals surface area contributed by atoms with Crippen LogP contribution in [-0.4, -0.2) is 39.7 Å². The van der Waals surface area contributed by atoms with Crippen molar-refractivity contribution in [2.24, 2.45) is 0 Å². The van der Waals surface area contributed by atoms with Crippen molar-refractivity contribution in [3.8, 4) is 11.5 Å². The van der Waals surface area contributed by atoms with Crippen molar-refractivity contribution in [2.75, 3.05) is 11.9 Å². The third-order valence-corrected chi connectivity index (χ3v) is 4.83. The van der Waals surface area contributed by atoms with E-state index in [1.807, 2.05) is 48.5 Å². The second-order valence-corrected chi connectivity index (χ2v) is 7.18. The van der Waals surface area contributed by atoms with Crippen LogP contribution in [-0.2, 0) is 11.3 Å². The first-order valence-electron chi connectivity index (χ1n) is 10.2. The van der Waals surface area contributed by atoms with E-state index in [1.54, 1.807) is 36.4 Å². The number of hydrogen-bond acceptors (Lipinski definition) is 6. The first kappa shape index (κ1) is 21.6. The van der Waals surface area contributed by atoms with E-state index in [-0.39, 0.29) is 24.9 Å². The van der Waals surface area contributed by atoms with Crippen LogP contribution in [0, 0.1) is 0 Å². The van der Waals surface area contributed by atoms with E-state index in [9.17, 15) is 14.4 Å². The molecule has 0 unspecified atom stereocenters. The van der Waals surface area contributed by atoms with Crippen molar-refractivity contribution in [3.05, 3.63) is 102 Å². The molecule has 0 atom stereocenters. The predicted molar refractivity (Wildman–Crippen MR) is 121 cm³/mol. The van der Waals surface area contributed by atoms with Gasteiger partial charge in [0, 0.05) is 17.7 Å². The lowest BCUT2D eigenvalue weighted by atomic mass is 10.2. The Hall–Kier alpha value is -4.59. The summed E-state index contributed by atoms with van der Waals surface area (Å²) in [4.78, 5) is 38.5. The lowest BCUT2D eigenvalue weighted by Gasteiger charge is -2.21. The lowest BCUT2D eigenvalue weighted by Crippen LogP contribution is -2.38. The van der Waals surface area contributed by atoms with Crippen LogP contribution >= 0.6 is 0 Å². The Morgan fingerprint density at radius 1 is 0.879 bits per heavy atom. The van der Waals surface area contributed by atoms with E-state index >= 15 is 0 Å². The smallest absolute Gasteiger partial charge is 0.312 e. The van der Waals surface area contributed by atoms with Gasteiger partial charge in [-0.15, -0.1) is 10.2 Å². The Kier molecular flexibility index (Phi) is 6.65. The number of aromatic nitrogens is 2. The average molecular weight is 440 g/mol. The van der Waals surface area contributed by atoms with Crippen LogP contribution in [0.3, 0.4) is 0 Å². The molecular formula is C25H20N4O4. The molecule has 1 heterocycles. The number of aldehydes is 1. The van der Waals surface area contributed by atoms with Gasteiger partial charge in [0.25, 0.3) is 0 Å². The topological polar surface area (TPSA) is 105 Å². The van der Waals surface area contributed by atoms with Gasteiger partial charge in [-0.1, -0.05) is 60.7 Å². The summed E-state index contributed by atoms with van der Waals surface area (Å²) in [6.45, 7) is -0.116. The zero-order chi connectivity index (χ0) is 23.0. The Morgan fingerprint density at radius 2 is 1.55 bits per heavy atom. The zero-order valence-electron chi connectivity index (χ0n) is 17.5. The summed E-state index contributed by atoms with van der Waals surface area (Å²) in [5.74, 6) is -1.04. The number of rotatable bonds is 8. The summed E-state index contributed by atoms with van der Waals surface area (Å²) in [5, 5.41) is 10.5. The first-order valence-corrected chi connectivity index (χ1v) is 10.2. The quantitative estimate of drug-likeness (QED) is 0.418. The number of nitrogens with one attached hydrogen (secondary N) is 1. The minimum atomic E-state index is -0.577. The third-order valence-electron chi connectivity index (χ3n) is 4.83. The Bertz CT molecular complexity index is 1260. The van der Waals surface area contributed by atoms with Crippen LogP contribution in [0.5, 0.6) is 0 Å². The molecule has 0 saturated heterocycles. The minimum Gasteiger partial charge on any atom is -0.412 e. The van der Waals surface area contributed by atoms with Gasteiger partial charge in [0.1, 0.15) is 6.54 Å². The summed E-state index contributed by atoms with van der Waals surface area (Å²) < 4.78 is 5.60. The number of carbonyl (C=O) groups is 3. The van der Waals surface area contributed by atoms with E-state index in [0.29, 0.717) is 23.1 Å². The fourth-order valence-electron chi connectivity index (χ4n) is 3.22. The highest BCUT2D eigenvalue weighted by Gasteiger charge is 2.25. The Morgan fingerprint density at radius 3 is 2.27 bits per heavy atom. The molecular weight excluding hydrogens is 420 g/mol. The van der Waals surface area contributed by atoms with Crippen molar-refractivity contribution in [3.63, 3.8) is 0 Å². The second kappa shape index (κ2) is 10.1. The van der Waals surface area contributed by atoms with Crippen LogP contribution in [0.15, 0.2) is 89.3 Å². The molecule has 33 heavy (non-hydrogen) atoms. The highest BCUT2D eigenvalue weighted by molar-refractivity contribution is 6.00. The number of amides is 2. The van der Waals surface area contributed by atoms with Crippen LogP contribution in [0.25, 0.3) is 11.5 Å². The van der Waals surface area contributed by atoms with Crippen LogP contribution in [0.1, 0.15) is 26.6 Å². The van der Waals surface area contributed by atoms with Crippen molar-refractivity contribution >= 4 is 23.8 Å². The lowest BCUT2D eigenvalue weighted by molar-refractivity contribution is -0.117. The molecule has 1 N–H and O–H groups in total. The number of hydrogen-bond donors (Lipinski definition) is 1. The number of para-hydroxylation sites is 1. The fourth-order valence-corrected chi connectivity index (χ4v) is 3.22. The standard InChI is InChI=1S/C25H20N4O4/c30-17-20-13-7-8-14-21(20)26-22(31)16-29(15-18-9-3-1-4-10-18)25(32)24-28-27-23(33-24)19-11-5-2-6-12-19/h1-14,17H,15-16H2,(H,26,31). The molecule has 4 rings (SSSR count). The fraction of sp³-hybridized carbons (Fsp3) is 0.0800. The molecule has 0 aliphatic rings. The molecule has 4 aromatic rings. The van der Waals surface area contributed by atoms with Gasteiger partial charge >= 0.3 is 11.8 Å². The van der Waals surface area contributed by atoms with Gasteiger partial charge < -0.3 is 14.6 Å². The molecule has 0 saturated carbocycles. The van der Waals surface area contributed by atoms with Crippen LogP contribution < -0.4 is 5.32 Å². The molecule has 3 aromatic carbocycles.